The average Bonchev–Trinajstić information content (AvgIpc) is 2.72. The van der Waals surface area contributed by atoms with E-state index in [1.54, 1.807) is 19.9 Å². The van der Waals surface area contributed by atoms with Gasteiger partial charge in [-0.3, -0.25) is 10.2 Å². The molecule has 24 heavy (non-hydrogen) atoms. The summed E-state index contributed by atoms with van der Waals surface area (Å²) in [5, 5.41) is 1.68. The number of halogens is 4. The molecule has 0 spiro atoms. The van der Waals surface area contributed by atoms with Crippen molar-refractivity contribution < 1.29 is 18.0 Å². The van der Waals surface area contributed by atoms with Gasteiger partial charge in [-0.1, -0.05) is 36.2 Å². The van der Waals surface area contributed by atoms with Gasteiger partial charge in [0.15, 0.2) is 0 Å². The van der Waals surface area contributed by atoms with E-state index in [0.29, 0.717) is 24.3 Å². The van der Waals surface area contributed by atoms with Gasteiger partial charge >= 0.3 is 6.18 Å². The number of hydrazine groups is 1. The Morgan fingerprint density at radius 3 is 2.50 bits per heavy atom. The second kappa shape index (κ2) is 7.31. The SMILES string of the molecule is CC1(C)CN([C@@H](CCCCc2ccccc2Cl)C(F)(F)F)NC1=O. The highest BCUT2D eigenvalue weighted by atomic mass is 35.5. The van der Waals surface area contributed by atoms with Crippen molar-refractivity contribution in [1.82, 2.24) is 10.4 Å². The van der Waals surface area contributed by atoms with E-state index in [-0.39, 0.29) is 18.9 Å². The second-order valence-corrected chi connectivity index (χ2v) is 7.25. The maximum absolute atomic E-state index is 13.4. The van der Waals surface area contributed by atoms with Crippen molar-refractivity contribution in [2.75, 3.05) is 6.54 Å². The van der Waals surface area contributed by atoms with Crippen LogP contribution in [0.4, 0.5) is 13.2 Å². The van der Waals surface area contributed by atoms with Gasteiger partial charge in [-0.2, -0.15) is 13.2 Å². The third kappa shape index (κ3) is 4.63. The first-order valence-corrected chi connectivity index (χ1v) is 8.37. The van der Waals surface area contributed by atoms with Crippen LogP contribution in [0.2, 0.25) is 5.02 Å². The minimum Gasteiger partial charge on any atom is -0.288 e. The number of amides is 1. The summed E-state index contributed by atoms with van der Waals surface area (Å²) in [6.07, 6.45) is -2.77. The molecule has 1 aromatic rings. The molecule has 1 aromatic carbocycles. The fraction of sp³-hybridized carbons (Fsp3) is 0.588. The van der Waals surface area contributed by atoms with Gasteiger partial charge in [-0.05, 0) is 44.7 Å². The Bertz CT molecular complexity index is 589. The summed E-state index contributed by atoms with van der Waals surface area (Å²) in [7, 11) is 0. The number of unbranched alkanes of at least 4 members (excludes halogenated alkanes) is 1. The first-order valence-electron chi connectivity index (χ1n) is 7.99. The van der Waals surface area contributed by atoms with Crippen LogP contribution in [0, 0.1) is 5.41 Å². The van der Waals surface area contributed by atoms with Gasteiger partial charge in [-0.25, -0.2) is 5.01 Å². The number of nitrogens with zero attached hydrogens (tertiary/aromatic N) is 1. The molecular weight excluding hydrogens is 341 g/mol. The molecule has 0 bridgehead atoms. The molecule has 1 amide bonds. The van der Waals surface area contributed by atoms with Gasteiger partial charge in [0.25, 0.3) is 0 Å². The Hall–Kier alpha value is -1.27. The highest BCUT2D eigenvalue weighted by molar-refractivity contribution is 6.31. The topological polar surface area (TPSA) is 32.3 Å². The van der Waals surface area contributed by atoms with Crippen LogP contribution < -0.4 is 5.43 Å². The largest absolute Gasteiger partial charge is 0.405 e. The molecule has 0 aromatic heterocycles. The van der Waals surface area contributed by atoms with Crippen LogP contribution in [-0.2, 0) is 11.2 Å². The third-order valence-electron chi connectivity index (χ3n) is 4.31. The van der Waals surface area contributed by atoms with Crippen molar-refractivity contribution in [3.8, 4) is 0 Å². The number of nitrogens with one attached hydrogen (secondary N) is 1. The van der Waals surface area contributed by atoms with Crippen LogP contribution in [0.15, 0.2) is 24.3 Å². The Morgan fingerprint density at radius 1 is 1.29 bits per heavy atom. The molecule has 1 atom stereocenters. The molecule has 0 unspecified atom stereocenters. The number of rotatable bonds is 6. The summed E-state index contributed by atoms with van der Waals surface area (Å²) >= 11 is 6.05. The molecule has 7 heteroatoms. The summed E-state index contributed by atoms with van der Waals surface area (Å²) in [5.41, 5.74) is 2.51. The molecule has 1 aliphatic rings. The fourth-order valence-electron chi connectivity index (χ4n) is 2.86. The lowest BCUT2D eigenvalue weighted by Crippen LogP contribution is -2.49. The Kier molecular flexibility index (Phi) is 5.81. The van der Waals surface area contributed by atoms with Gasteiger partial charge in [0.2, 0.25) is 5.91 Å². The van der Waals surface area contributed by atoms with E-state index in [0.717, 1.165) is 10.6 Å². The molecule has 0 radical (unpaired) electrons. The van der Waals surface area contributed by atoms with Crippen LogP contribution in [0.25, 0.3) is 0 Å². The van der Waals surface area contributed by atoms with Crippen molar-refractivity contribution in [3.05, 3.63) is 34.9 Å². The molecule has 0 aliphatic carbocycles. The van der Waals surface area contributed by atoms with E-state index in [1.165, 1.54) is 0 Å². The summed E-state index contributed by atoms with van der Waals surface area (Å²) in [6, 6.07) is 5.68. The molecule has 1 aliphatic heterocycles. The highest BCUT2D eigenvalue weighted by Crippen LogP contribution is 2.33. The van der Waals surface area contributed by atoms with Gasteiger partial charge in [0, 0.05) is 11.6 Å². The van der Waals surface area contributed by atoms with Crippen molar-refractivity contribution in [1.29, 1.82) is 0 Å². The Balaban J connectivity index is 1.91. The van der Waals surface area contributed by atoms with Crippen molar-refractivity contribution in [2.45, 2.75) is 51.7 Å². The highest BCUT2D eigenvalue weighted by Gasteiger charge is 2.49. The first-order chi connectivity index (χ1) is 11.1. The fourth-order valence-corrected chi connectivity index (χ4v) is 3.09. The average molecular weight is 363 g/mol. The molecule has 2 rings (SSSR count). The minimum atomic E-state index is -4.38. The van der Waals surface area contributed by atoms with Crippen molar-refractivity contribution >= 4 is 17.5 Å². The molecule has 1 fully saturated rings. The van der Waals surface area contributed by atoms with Crippen LogP contribution in [0.1, 0.15) is 38.7 Å². The standard InChI is InChI=1S/C17H22ClF3N2O/c1-16(2)11-23(22-15(16)24)14(17(19,20)21)10-6-4-8-12-7-3-5-9-13(12)18/h3,5,7,9,14H,4,6,8,10-11H2,1-2H3,(H,22,24)/t14-/m0/s1. The number of alkyl halides is 3. The smallest absolute Gasteiger partial charge is 0.288 e. The molecule has 1 N–H and O–H groups in total. The van der Waals surface area contributed by atoms with Crippen LogP contribution in [-0.4, -0.2) is 29.7 Å². The van der Waals surface area contributed by atoms with Gasteiger partial charge in [0.05, 0.1) is 5.41 Å². The maximum Gasteiger partial charge on any atom is 0.405 e. The quantitative estimate of drug-likeness (QED) is 0.763. The number of aryl methyl sites for hydroxylation is 1. The molecule has 134 valence electrons. The monoisotopic (exact) mass is 362 g/mol. The van der Waals surface area contributed by atoms with Crippen molar-refractivity contribution in [2.24, 2.45) is 5.41 Å². The minimum absolute atomic E-state index is 0.0513. The predicted octanol–water partition coefficient (Wildman–Crippen LogP) is 4.36. The number of hydrogen-bond donors (Lipinski definition) is 1. The molecule has 0 saturated carbocycles. The predicted molar refractivity (Wildman–Crippen MR) is 87.5 cm³/mol. The number of hydrogen-bond acceptors (Lipinski definition) is 2. The van der Waals surface area contributed by atoms with E-state index >= 15 is 0 Å². The van der Waals surface area contributed by atoms with Gasteiger partial charge in [-0.15, -0.1) is 0 Å². The first kappa shape index (κ1) is 19.1. The lowest BCUT2D eigenvalue weighted by Gasteiger charge is -2.29. The van der Waals surface area contributed by atoms with E-state index < -0.39 is 17.6 Å². The third-order valence-corrected chi connectivity index (χ3v) is 4.68. The normalized spacial score (nSPS) is 19.3. The van der Waals surface area contributed by atoms with Gasteiger partial charge < -0.3 is 0 Å². The van der Waals surface area contributed by atoms with Gasteiger partial charge in [0.1, 0.15) is 6.04 Å². The molecular formula is C17H22ClF3N2O. The summed E-state index contributed by atoms with van der Waals surface area (Å²) in [6.45, 7) is 3.35. The Labute approximate surface area is 145 Å². The Morgan fingerprint density at radius 2 is 1.96 bits per heavy atom. The number of carbonyl (C=O) groups is 1. The number of carbonyl (C=O) groups excluding carboxylic acids is 1. The van der Waals surface area contributed by atoms with Crippen LogP contribution in [0.3, 0.4) is 0 Å². The molecule has 1 saturated heterocycles. The number of benzene rings is 1. The zero-order valence-corrected chi connectivity index (χ0v) is 14.5. The molecule has 1 heterocycles. The van der Waals surface area contributed by atoms with E-state index in [2.05, 4.69) is 5.43 Å². The lowest BCUT2D eigenvalue weighted by atomic mass is 9.94. The second-order valence-electron chi connectivity index (χ2n) is 6.85. The van der Waals surface area contributed by atoms with Crippen LogP contribution >= 0.6 is 11.6 Å². The van der Waals surface area contributed by atoms with E-state index in [1.807, 2.05) is 18.2 Å². The van der Waals surface area contributed by atoms with E-state index in [9.17, 15) is 18.0 Å². The van der Waals surface area contributed by atoms with Crippen LogP contribution in [0.5, 0.6) is 0 Å². The molecule has 3 nitrogen and oxygen atoms in total. The lowest BCUT2D eigenvalue weighted by molar-refractivity contribution is -0.190. The zero-order valence-electron chi connectivity index (χ0n) is 13.8. The van der Waals surface area contributed by atoms with Crippen molar-refractivity contribution in [3.63, 3.8) is 0 Å². The summed E-state index contributed by atoms with van der Waals surface area (Å²) in [5.74, 6) is -0.368. The zero-order chi connectivity index (χ0) is 18.0. The summed E-state index contributed by atoms with van der Waals surface area (Å²) in [4.78, 5) is 11.8. The summed E-state index contributed by atoms with van der Waals surface area (Å²) < 4.78 is 40.1. The maximum atomic E-state index is 13.4. The van der Waals surface area contributed by atoms with E-state index in [4.69, 9.17) is 11.6 Å².